The van der Waals surface area contributed by atoms with Gasteiger partial charge < -0.3 is 10.5 Å². The summed E-state index contributed by atoms with van der Waals surface area (Å²) in [4.78, 5) is 5.82. The minimum absolute atomic E-state index is 0.402. The molecule has 0 radical (unpaired) electrons. The van der Waals surface area contributed by atoms with Gasteiger partial charge >= 0.3 is 0 Å². The molecule has 4 heteroatoms. The van der Waals surface area contributed by atoms with E-state index in [4.69, 9.17) is 10.5 Å². The van der Waals surface area contributed by atoms with Gasteiger partial charge in [-0.15, -0.1) is 11.3 Å². The van der Waals surface area contributed by atoms with Crippen molar-refractivity contribution in [1.82, 2.24) is 4.98 Å². The zero-order chi connectivity index (χ0) is 15.4. The van der Waals surface area contributed by atoms with Crippen LogP contribution in [0, 0.1) is 0 Å². The van der Waals surface area contributed by atoms with E-state index < -0.39 is 0 Å². The van der Waals surface area contributed by atoms with Gasteiger partial charge in [0.2, 0.25) is 0 Å². The third-order valence-corrected chi connectivity index (χ3v) is 4.48. The van der Waals surface area contributed by atoms with Gasteiger partial charge in [-0.05, 0) is 29.5 Å². The normalized spacial score (nSPS) is 11.4. The number of hydrogen-bond acceptors (Lipinski definition) is 4. The van der Waals surface area contributed by atoms with Crippen LogP contribution in [0.25, 0.3) is 0 Å². The molecule has 0 aliphatic rings. The maximum absolute atomic E-state index is 5.83. The summed E-state index contributed by atoms with van der Waals surface area (Å²) in [5.41, 5.74) is 8.21. The van der Waals surface area contributed by atoms with Gasteiger partial charge in [-0.1, -0.05) is 39.8 Å². The molecule has 114 valence electrons. The van der Waals surface area contributed by atoms with E-state index >= 15 is 0 Å². The molecule has 0 atom stereocenters. The maximum Gasteiger partial charge on any atom is 0.140 e. The highest BCUT2D eigenvalue weighted by molar-refractivity contribution is 7.11. The summed E-state index contributed by atoms with van der Waals surface area (Å²) >= 11 is 1.65. The summed E-state index contributed by atoms with van der Waals surface area (Å²) in [5, 5.41) is 0.993. The van der Waals surface area contributed by atoms with Gasteiger partial charge in [0.1, 0.15) is 17.4 Å². The van der Waals surface area contributed by atoms with Crippen LogP contribution in [-0.4, -0.2) is 4.98 Å². The highest BCUT2D eigenvalue weighted by Gasteiger charge is 2.13. The van der Waals surface area contributed by atoms with Gasteiger partial charge in [0, 0.05) is 11.4 Å². The Morgan fingerprint density at radius 3 is 2.24 bits per heavy atom. The second-order valence-electron chi connectivity index (χ2n) is 5.79. The zero-order valence-electron chi connectivity index (χ0n) is 13.2. The molecule has 1 aromatic heterocycles. The third-order valence-electron chi connectivity index (χ3n) is 3.41. The van der Waals surface area contributed by atoms with E-state index in [9.17, 15) is 0 Å². The van der Waals surface area contributed by atoms with Crippen LogP contribution in [0.2, 0.25) is 0 Å². The first kappa shape index (κ1) is 16.0. The fraction of sp³-hybridized carbons (Fsp3) is 0.471. The molecule has 0 amide bonds. The quantitative estimate of drug-likeness (QED) is 0.859. The van der Waals surface area contributed by atoms with Crippen molar-refractivity contribution >= 4 is 11.3 Å². The molecule has 1 heterocycles. The standard InChI is InChI=1S/C17H24N2OS/c1-11(2)13-5-7-14(8-6-13)20-10-16-19-17(12(3)4)15(9-18)21-16/h5-8,11-12H,9-10,18H2,1-4H3. The van der Waals surface area contributed by atoms with E-state index in [0.29, 0.717) is 25.0 Å². The van der Waals surface area contributed by atoms with Gasteiger partial charge in [0.05, 0.1) is 5.69 Å². The molecule has 3 nitrogen and oxygen atoms in total. The molecule has 2 N–H and O–H groups in total. The van der Waals surface area contributed by atoms with Gasteiger partial charge in [-0.2, -0.15) is 0 Å². The van der Waals surface area contributed by atoms with Crippen LogP contribution < -0.4 is 10.5 Å². The largest absolute Gasteiger partial charge is 0.486 e. The van der Waals surface area contributed by atoms with E-state index in [1.54, 1.807) is 11.3 Å². The SMILES string of the molecule is CC(C)c1ccc(OCc2nc(C(C)C)c(CN)s2)cc1. The molecule has 1 aromatic carbocycles. The van der Waals surface area contributed by atoms with E-state index in [0.717, 1.165) is 16.5 Å². The average Bonchev–Trinajstić information content (AvgIpc) is 2.89. The molecule has 0 unspecified atom stereocenters. The Labute approximate surface area is 131 Å². The second kappa shape index (κ2) is 7.05. The summed E-state index contributed by atoms with van der Waals surface area (Å²) in [6, 6.07) is 8.28. The molecule has 21 heavy (non-hydrogen) atoms. The Bertz CT molecular complexity index is 573. The Hall–Kier alpha value is -1.39. The van der Waals surface area contributed by atoms with Crippen LogP contribution in [0.4, 0.5) is 0 Å². The lowest BCUT2D eigenvalue weighted by Gasteiger charge is -2.07. The summed E-state index contributed by atoms with van der Waals surface area (Å²) < 4.78 is 5.83. The number of benzene rings is 1. The van der Waals surface area contributed by atoms with Crippen molar-refractivity contribution in [2.24, 2.45) is 5.73 Å². The number of ether oxygens (including phenoxy) is 1. The van der Waals surface area contributed by atoms with Crippen LogP contribution in [0.5, 0.6) is 5.75 Å². The number of hydrogen-bond donors (Lipinski definition) is 1. The number of nitrogens with two attached hydrogens (primary N) is 1. The smallest absolute Gasteiger partial charge is 0.140 e. The van der Waals surface area contributed by atoms with Gasteiger partial charge in [-0.3, -0.25) is 0 Å². The number of thiazole rings is 1. The Balaban J connectivity index is 2.02. The molecule has 0 bridgehead atoms. The number of rotatable bonds is 6. The van der Waals surface area contributed by atoms with Crippen LogP contribution in [0.1, 0.15) is 60.7 Å². The lowest BCUT2D eigenvalue weighted by atomic mass is 10.0. The molecular weight excluding hydrogens is 280 g/mol. The lowest BCUT2D eigenvalue weighted by Crippen LogP contribution is -2.00. The minimum atomic E-state index is 0.402. The zero-order valence-corrected chi connectivity index (χ0v) is 14.0. The number of aromatic nitrogens is 1. The highest BCUT2D eigenvalue weighted by atomic mass is 32.1. The predicted octanol–water partition coefficient (Wildman–Crippen LogP) is 4.43. The first-order chi connectivity index (χ1) is 10.0. The molecule has 0 aliphatic heterocycles. The summed E-state index contributed by atoms with van der Waals surface area (Å²) in [7, 11) is 0. The first-order valence-electron chi connectivity index (χ1n) is 7.42. The van der Waals surface area contributed by atoms with Crippen molar-refractivity contribution in [3.05, 3.63) is 45.4 Å². The Morgan fingerprint density at radius 1 is 1.10 bits per heavy atom. The lowest BCUT2D eigenvalue weighted by molar-refractivity contribution is 0.305. The van der Waals surface area contributed by atoms with Crippen molar-refractivity contribution in [3.63, 3.8) is 0 Å². The van der Waals surface area contributed by atoms with E-state index in [-0.39, 0.29) is 0 Å². The van der Waals surface area contributed by atoms with Crippen LogP contribution in [-0.2, 0) is 13.2 Å². The Morgan fingerprint density at radius 2 is 1.76 bits per heavy atom. The van der Waals surface area contributed by atoms with Crippen LogP contribution in [0.15, 0.2) is 24.3 Å². The molecule has 0 fully saturated rings. The average molecular weight is 304 g/mol. The first-order valence-corrected chi connectivity index (χ1v) is 8.24. The van der Waals surface area contributed by atoms with Crippen molar-refractivity contribution in [2.75, 3.05) is 0 Å². The molecule has 0 saturated carbocycles. The molecule has 0 aliphatic carbocycles. The monoisotopic (exact) mass is 304 g/mol. The maximum atomic E-state index is 5.83. The van der Waals surface area contributed by atoms with E-state index in [1.165, 1.54) is 10.4 Å². The fourth-order valence-corrected chi connectivity index (χ4v) is 3.18. The van der Waals surface area contributed by atoms with Crippen molar-refractivity contribution < 1.29 is 4.74 Å². The minimum Gasteiger partial charge on any atom is -0.486 e. The van der Waals surface area contributed by atoms with Crippen molar-refractivity contribution in [3.8, 4) is 5.75 Å². The van der Waals surface area contributed by atoms with Gasteiger partial charge in [0.25, 0.3) is 0 Å². The molecule has 2 aromatic rings. The van der Waals surface area contributed by atoms with E-state index in [1.807, 2.05) is 12.1 Å². The number of nitrogens with zero attached hydrogens (tertiary/aromatic N) is 1. The summed E-state index contributed by atoms with van der Waals surface area (Å²) in [6.07, 6.45) is 0. The van der Waals surface area contributed by atoms with Crippen LogP contribution in [0.3, 0.4) is 0 Å². The molecule has 0 saturated heterocycles. The topological polar surface area (TPSA) is 48.1 Å². The summed E-state index contributed by atoms with van der Waals surface area (Å²) in [6.45, 7) is 9.72. The molecule has 2 rings (SSSR count). The van der Waals surface area contributed by atoms with Gasteiger partial charge in [-0.25, -0.2) is 4.98 Å². The van der Waals surface area contributed by atoms with Crippen molar-refractivity contribution in [1.29, 1.82) is 0 Å². The summed E-state index contributed by atoms with van der Waals surface area (Å²) in [5.74, 6) is 1.83. The predicted molar refractivity (Wildman–Crippen MR) is 89.0 cm³/mol. The second-order valence-corrected chi connectivity index (χ2v) is 6.96. The molecule has 0 spiro atoms. The van der Waals surface area contributed by atoms with Crippen LogP contribution >= 0.6 is 11.3 Å². The fourth-order valence-electron chi connectivity index (χ4n) is 2.17. The third kappa shape index (κ3) is 4.05. The van der Waals surface area contributed by atoms with Gasteiger partial charge in [0.15, 0.2) is 0 Å². The Kier molecular flexibility index (Phi) is 5.37. The van der Waals surface area contributed by atoms with E-state index in [2.05, 4.69) is 44.8 Å². The highest BCUT2D eigenvalue weighted by Crippen LogP contribution is 2.26. The van der Waals surface area contributed by atoms with Crippen molar-refractivity contribution in [2.45, 2.75) is 52.7 Å². The molecular formula is C17H24N2OS.